The van der Waals surface area contributed by atoms with Crippen LogP contribution in [0.25, 0.3) is 17.4 Å². The number of halogens is 1. The summed E-state index contributed by atoms with van der Waals surface area (Å²) < 4.78 is 6.72. The van der Waals surface area contributed by atoms with Crippen LogP contribution in [-0.4, -0.2) is 32.1 Å². The number of hydrogen-bond donors (Lipinski definition) is 1. The Hall–Kier alpha value is -2.15. The van der Waals surface area contributed by atoms with Crippen LogP contribution in [0.3, 0.4) is 0 Å². The van der Waals surface area contributed by atoms with Crippen LogP contribution >= 0.6 is 11.6 Å². The van der Waals surface area contributed by atoms with Crippen molar-refractivity contribution >= 4 is 40.9 Å². The molecule has 0 aliphatic heterocycles. The summed E-state index contributed by atoms with van der Waals surface area (Å²) in [5.41, 5.74) is 7.82. The zero-order chi connectivity index (χ0) is 14.3. The number of nitrogens with two attached hydrogens (primary N) is 1. The topological polar surface area (TPSA) is 95.9 Å². The Kier molecular flexibility index (Phi) is 3.06. The molecule has 0 amide bonds. The molecular formula is C12H12ClN5O2. The molecule has 2 aromatic rings. The van der Waals surface area contributed by atoms with Gasteiger partial charge in [0.15, 0.2) is 10.8 Å². The van der Waals surface area contributed by atoms with Crippen LogP contribution in [0.15, 0.2) is 11.9 Å². The summed E-state index contributed by atoms with van der Waals surface area (Å²) in [6, 6.07) is 0. The molecule has 1 fully saturated rings. The summed E-state index contributed by atoms with van der Waals surface area (Å²) in [5, 5.41) is 0.233. The smallest absolute Gasteiger partial charge is 0.302 e. The van der Waals surface area contributed by atoms with Crippen molar-refractivity contribution in [2.24, 2.45) is 5.92 Å². The van der Waals surface area contributed by atoms with Crippen molar-refractivity contribution in [3.05, 3.63) is 17.1 Å². The van der Waals surface area contributed by atoms with E-state index in [1.807, 2.05) is 6.20 Å². The fourth-order valence-electron chi connectivity index (χ4n) is 1.94. The van der Waals surface area contributed by atoms with Gasteiger partial charge in [0.1, 0.15) is 11.8 Å². The molecule has 2 N–H and O–H groups in total. The third-order valence-electron chi connectivity index (χ3n) is 3.04. The minimum absolute atomic E-state index is 0.106. The highest BCUT2D eigenvalue weighted by Gasteiger charge is 2.31. The van der Waals surface area contributed by atoms with Crippen LogP contribution in [-0.2, 0) is 9.53 Å². The van der Waals surface area contributed by atoms with E-state index in [2.05, 4.69) is 15.0 Å². The normalized spacial score (nSPS) is 19.5. The van der Waals surface area contributed by atoms with Gasteiger partial charge in [-0.25, -0.2) is 4.98 Å². The average Bonchev–Trinajstić information content (AvgIpc) is 2.99. The number of fused-ring (bicyclic) bond motifs is 1. The Labute approximate surface area is 119 Å². The van der Waals surface area contributed by atoms with Crippen molar-refractivity contribution in [2.75, 3.05) is 12.3 Å². The molecule has 0 aromatic carbocycles. The van der Waals surface area contributed by atoms with Gasteiger partial charge in [-0.2, -0.15) is 9.97 Å². The first-order valence-electron chi connectivity index (χ1n) is 6.04. The Morgan fingerprint density at radius 1 is 1.65 bits per heavy atom. The number of carbonyl (C=O) groups is 1. The lowest BCUT2D eigenvalue weighted by atomic mass is 10.4. The molecule has 2 heterocycles. The number of imidazole rings is 1. The van der Waals surface area contributed by atoms with E-state index in [1.165, 1.54) is 12.5 Å². The third kappa shape index (κ3) is 2.44. The minimum Gasteiger partial charge on any atom is -0.465 e. The number of rotatable bonds is 3. The van der Waals surface area contributed by atoms with E-state index in [0.717, 1.165) is 6.42 Å². The maximum atomic E-state index is 10.7. The first-order valence-corrected chi connectivity index (χ1v) is 6.42. The number of aromatic nitrogens is 4. The monoisotopic (exact) mass is 293 g/mol. The molecule has 1 aliphatic rings. The van der Waals surface area contributed by atoms with Crippen molar-refractivity contribution < 1.29 is 9.53 Å². The van der Waals surface area contributed by atoms with E-state index in [0.29, 0.717) is 17.8 Å². The van der Waals surface area contributed by atoms with E-state index in [4.69, 9.17) is 22.1 Å². The van der Waals surface area contributed by atoms with Crippen molar-refractivity contribution in [3.63, 3.8) is 0 Å². The number of nitrogen functional groups attached to an aromatic ring is 1. The molecule has 20 heavy (non-hydrogen) atoms. The Morgan fingerprint density at radius 2 is 2.45 bits per heavy atom. The van der Waals surface area contributed by atoms with E-state index < -0.39 is 0 Å². The largest absolute Gasteiger partial charge is 0.465 e. The van der Waals surface area contributed by atoms with E-state index in [-0.39, 0.29) is 23.0 Å². The van der Waals surface area contributed by atoms with Crippen LogP contribution < -0.4 is 5.73 Å². The second-order valence-electron chi connectivity index (χ2n) is 4.60. The summed E-state index contributed by atoms with van der Waals surface area (Å²) in [5.74, 6) is 0.109. The minimum atomic E-state index is -0.267. The van der Waals surface area contributed by atoms with Gasteiger partial charge in [0.2, 0.25) is 5.95 Å². The fourth-order valence-corrected chi connectivity index (χ4v) is 2.16. The molecular weight excluding hydrogens is 282 g/mol. The number of carbonyl (C=O) groups excluding carboxylic acids is 1. The average molecular weight is 294 g/mol. The molecule has 2 aromatic heterocycles. The number of anilines is 1. The lowest BCUT2D eigenvalue weighted by molar-refractivity contribution is -0.141. The van der Waals surface area contributed by atoms with Crippen LogP contribution in [0.5, 0.6) is 0 Å². The third-order valence-corrected chi connectivity index (χ3v) is 3.30. The Balaban J connectivity index is 1.84. The van der Waals surface area contributed by atoms with Crippen molar-refractivity contribution in [1.29, 1.82) is 0 Å². The Bertz CT molecular complexity index is 724. The van der Waals surface area contributed by atoms with E-state index in [1.54, 1.807) is 10.9 Å². The van der Waals surface area contributed by atoms with Gasteiger partial charge in [0, 0.05) is 19.0 Å². The number of ether oxygens (including phenoxy) is 1. The summed E-state index contributed by atoms with van der Waals surface area (Å²) in [6.07, 6.45) is 4.41. The van der Waals surface area contributed by atoms with Crippen molar-refractivity contribution in [3.8, 4) is 0 Å². The summed E-state index contributed by atoms with van der Waals surface area (Å²) in [4.78, 5) is 22.9. The lowest BCUT2D eigenvalue weighted by Crippen LogP contribution is -2.01. The van der Waals surface area contributed by atoms with Gasteiger partial charge in [0.05, 0.1) is 6.61 Å². The molecule has 1 unspecified atom stereocenters. The first-order chi connectivity index (χ1) is 9.54. The van der Waals surface area contributed by atoms with Crippen LogP contribution in [0, 0.1) is 5.92 Å². The van der Waals surface area contributed by atoms with Crippen LogP contribution in [0.2, 0.25) is 5.15 Å². The standard InChI is InChI=1S/C12H12ClN5O2/c1-6(19)20-4-8-2-7(8)3-18-5-15-9-10(13)16-12(14)17-11(9)18/h3,5,8H,2,4H2,1H3,(H2,14,16,17)/b7-3-. The highest BCUT2D eigenvalue weighted by atomic mass is 35.5. The van der Waals surface area contributed by atoms with E-state index in [9.17, 15) is 4.79 Å². The van der Waals surface area contributed by atoms with Crippen molar-refractivity contribution in [2.45, 2.75) is 13.3 Å². The molecule has 0 bridgehead atoms. The molecule has 1 saturated carbocycles. The first kappa shape index (κ1) is 12.9. The maximum absolute atomic E-state index is 10.7. The number of nitrogens with zero attached hydrogens (tertiary/aromatic N) is 4. The zero-order valence-electron chi connectivity index (χ0n) is 10.7. The lowest BCUT2D eigenvalue weighted by Gasteiger charge is -1.99. The Morgan fingerprint density at radius 3 is 3.20 bits per heavy atom. The fraction of sp³-hybridized carbons (Fsp3) is 0.333. The molecule has 0 saturated heterocycles. The van der Waals surface area contributed by atoms with Gasteiger partial charge < -0.3 is 10.5 Å². The second-order valence-corrected chi connectivity index (χ2v) is 4.96. The summed E-state index contributed by atoms with van der Waals surface area (Å²) >= 11 is 5.96. The number of esters is 1. The van der Waals surface area contributed by atoms with Gasteiger partial charge in [0.25, 0.3) is 0 Å². The second kappa shape index (κ2) is 4.75. The van der Waals surface area contributed by atoms with Gasteiger partial charge >= 0.3 is 5.97 Å². The highest BCUT2D eigenvalue weighted by Crippen LogP contribution is 2.38. The van der Waals surface area contributed by atoms with Gasteiger partial charge in [-0.3, -0.25) is 9.36 Å². The van der Waals surface area contributed by atoms with Crippen LogP contribution in [0.1, 0.15) is 13.3 Å². The molecule has 1 atom stereocenters. The predicted molar refractivity (Wildman–Crippen MR) is 73.8 cm³/mol. The molecule has 104 valence electrons. The number of hydrogen-bond acceptors (Lipinski definition) is 6. The maximum Gasteiger partial charge on any atom is 0.302 e. The summed E-state index contributed by atoms with van der Waals surface area (Å²) in [7, 11) is 0. The van der Waals surface area contributed by atoms with Crippen LogP contribution in [0.4, 0.5) is 5.95 Å². The van der Waals surface area contributed by atoms with Gasteiger partial charge in [-0.1, -0.05) is 11.6 Å². The zero-order valence-corrected chi connectivity index (χ0v) is 11.5. The highest BCUT2D eigenvalue weighted by molar-refractivity contribution is 6.33. The molecule has 7 nitrogen and oxygen atoms in total. The molecule has 0 spiro atoms. The molecule has 0 radical (unpaired) electrons. The molecule has 8 heteroatoms. The predicted octanol–water partition coefficient (Wildman–Crippen LogP) is 1.49. The van der Waals surface area contributed by atoms with Crippen molar-refractivity contribution in [1.82, 2.24) is 19.5 Å². The van der Waals surface area contributed by atoms with Gasteiger partial charge in [-0.05, 0) is 12.0 Å². The van der Waals surface area contributed by atoms with E-state index >= 15 is 0 Å². The SMILES string of the molecule is CC(=O)OCC1C/C1=C/n1cnc2c(Cl)nc(N)nc21. The molecule has 3 rings (SSSR count). The van der Waals surface area contributed by atoms with Gasteiger partial charge in [-0.15, -0.1) is 0 Å². The molecule has 1 aliphatic carbocycles. The quantitative estimate of drug-likeness (QED) is 0.680. The summed E-state index contributed by atoms with van der Waals surface area (Å²) in [6.45, 7) is 1.81.